The summed E-state index contributed by atoms with van der Waals surface area (Å²) in [6, 6.07) is 17.0. The van der Waals surface area contributed by atoms with Crippen molar-refractivity contribution >= 4 is 5.91 Å². The Hall–Kier alpha value is -2.57. The molecule has 1 amide bonds. The quantitative estimate of drug-likeness (QED) is 0.467. The Kier molecular flexibility index (Phi) is 11.2. The van der Waals surface area contributed by atoms with Crippen LogP contribution in [0.15, 0.2) is 48.5 Å². The van der Waals surface area contributed by atoms with Gasteiger partial charge in [-0.15, -0.1) is 0 Å². The molecule has 182 valence electrons. The molecule has 2 atom stereocenters. The van der Waals surface area contributed by atoms with Crippen molar-refractivity contribution in [1.82, 2.24) is 15.1 Å². The van der Waals surface area contributed by atoms with Gasteiger partial charge in [0.15, 0.2) is 17.6 Å². The lowest BCUT2D eigenvalue weighted by Crippen LogP contribution is -2.43. The Bertz CT molecular complexity index is 838. The van der Waals surface area contributed by atoms with Crippen LogP contribution in [0.5, 0.6) is 11.5 Å². The molecule has 1 N–H and O–H groups in total. The molecule has 0 heterocycles. The van der Waals surface area contributed by atoms with Crippen molar-refractivity contribution < 1.29 is 14.3 Å². The first-order valence-electron chi connectivity index (χ1n) is 12.0. The predicted octanol–water partition coefficient (Wildman–Crippen LogP) is 3.98. The van der Waals surface area contributed by atoms with Crippen LogP contribution < -0.4 is 14.8 Å². The van der Waals surface area contributed by atoms with Crippen molar-refractivity contribution in [1.29, 1.82) is 0 Å². The maximum atomic E-state index is 12.2. The number of benzene rings is 2. The highest BCUT2D eigenvalue weighted by atomic mass is 16.5. The zero-order valence-electron chi connectivity index (χ0n) is 21.1. The second kappa shape index (κ2) is 13.9. The van der Waals surface area contributed by atoms with Crippen LogP contribution in [0.4, 0.5) is 0 Å². The third-order valence-corrected chi connectivity index (χ3v) is 5.75. The molecule has 2 rings (SSSR count). The summed E-state index contributed by atoms with van der Waals surface area (Å²) in [5, 5.41) is 3.64. The number of likely N-dealkylation sites (N-methyl/N-ethyl adjacent to an activating group) is 2. The molecule has 0 bridgehead atoms. The molecule has 6 heteroatoms. The topological polar surface area (TPSA) is 54.0 Å². The minimum absolute atomic E-state index is 0.0796. The van der Waals surface area contributed by atoms with E-state index in [-0.39, 0.29) is 5.91 Å². The summed E-state index contributed by atoms with van der Waals surface area (Å²) >= 11 is 0. The van der Waals surface area contributed by atoms with E-state index >= 15 is 0 Å². The van der Waals surface area contributed by atoms with Gasteiger partial charge in [0.05, 0.1) is 6.61 Å². The van der Waals surface area contributed by atoms with Gasteiger partial charge in [0, 0.05) is 33.2 Å². The molecule has 0 unspecified atom stereocenters. The highest BCUT2D eigenvalue weighted by Crippen LogP contribution is 2.29. The average Bonchev–Trinajstić information content (AvgIpc) is 2.81. The SMILES string of the molecule is CCOc1cc(CNC[C@H](Cc2ccccc2)N(CC)CC)ccc1O[C@H](C)C(=O)N(C)C. The molecule has 33 heavy (non-hydrogen) atoms. The van der Waals surface area contributed by atoms with Gasteiger partial charge in [-0.1, -0.05) is 50.2 Å². The number of rotatable bonds is 14. The van der Waals surface area contributed by atoms with Gasteiger partial charge in [-0.2, -0.15) is 0 Å². The summed E-state index contributed by atoms with van der Waals surface area (Å²) in [7, 11) is 3.45. The molecular weight excluding hydrogens is 414 g/mol. The van der Waals surface area contributed by atoms with E-state index in [1.807, 2.05) is 25.1 Å². The van der Waals surface area contributed by atoms with E-state index in [1.54, 1.807) is 21.0 Å². The fraction of sp³-hybridized carbons (Fsp3) is 0.519. The van der Waals surface area contributed by atoms with Crippen LogP contribution in [0.1, 0.15) is 38.8 Å². The first-order valence-corrected chi connectivity index (χ1v) is 12.0. The van der Waals surface area contributed by atoms with E-state index in [9.17, 15) is 4.79 Å². The first kappa shape index (κ1) is 26.7. The van der Waals surface area contributed by atoms with Gasteiger partial charge in [-0.25, -0.2) is 0 Å². The van der Waals surface area contributed by atoms with Crippen molar-refractivity contribution in [3.05, 3.63) is 59.7 Å². The zero-order valence-corrected chi connectivity index (χ0v) is 21.1. The van der Waals surface area contributed by atoms with E-state index in [0.29, 0.717) is 24.1 Å². The van der Waals surface area contributed by atoms with Crippen molar-refractivity contribution in [3.8, 4) is 11.5 Å². The van der Waals surface area contributed by atoms with Gasteiger partial charge in [-0.3, -0.25) is 9.69 Å². The third-order valence-electron chi connectivity index (χ3n) is 5.75. The number of hydrogen-bond donors (Lipinski definition) is 1. The third kappa shape index (κ3) is 8.37. The predicted molar refractivity (Wildman–Crippen MR) is 135 cm³/mol. The molecule has 0 radical (unpaired) electrons. The maximum Gasteiger partial charge on any atom is 0.262 e. The summed E-state index contributed by atoms with van der Waals surface area (Å²) in [6.45, 7) is 12.4. The molecule has 6 nitrogen and oxygen atoms in total. The molecule has 0 saturated heterocycles. The van der Waals surface area contributed by atoms with Gasteiger partial charge in [-0.05, 0) is 56.6 Å². The lowest BCUT2D eigenvalue weighted by atomic mass is 10.0. The highest BCUT2D eigenvalue weighted by molar-refractivity contribution is 5.80. The molecular formula is C27H41N3O3. The number of carbonyl (C=O) groups is 1. The fourth-order valence-corrected chi connectivity index (χ4v) is 3.97. The lowest BCUT2D eigenvalue weighted by molar-refractivity contribution is -0.135. The summed E-state index contributed by atoms with van der Waals surface area (Å²) in [4.78, 5) is 16.2. The van der Waals surface area contributed by atoms with Crippen molar-refractivity contribution in [2.45, 2.75) is 52.8 Å². The van der Waals surface area contributed by atoms with Gasteiger partial charge in [0.2, 0.25) is 0 Å². The van der Waals surface area contributed by atoms with Crippen LogP contribution in [0, 0.1) is 0 Å². The van der Waals surface area contributed by atoms with Crippen molar-refractivity contribution in [3.63, 3.8) is 0 Å². The van der Waals surface area contributed by atoms with Gasteiger partial charge in [0.1, 0.15) is 0 Å². The van der Waals surface area contributed by atoms with Crippen molar-refractivity contribution in [2.75, 3.05) is 40.3 Å². The summed E-state index contributed by atoms with van der Waals surface area (Å²) in [5.41, 5.74) is 2.48. The molecule has 2 aromatic rings. The van der Waals surface area contributed by atoms with E-state index in [0.717, 1.165) is 38.2 Å². The van der Waals surface area contributed by atoms with Gasteiger partial charge >= 0.3 is 0 Å². The minimum Gasteiger partial charge on any atom is -0.490 e. The van der Waals surface area contributed by atoms with Crippen molar-refractivity contribution in [2.24, 2.45) is 0 Å². The monoisotopic (exact) mass is 455 g/mol. The maximum absolute atomic E-state index is 12.2. The first-order chi connectivity index (χ1) is 15.9. The van der Waals surface area contributed by atoms with Crippen LogP contribution >= 0.6 is 0 Å². The van der Waals surface area contributed by atoms with Crippen LogP contribution in [0.25, 0.3) is 0 Å². The van der Waals surface area contributed by atoms with Crippen LogP contribution in [0.2, 0.25) is 0 Å². The molecule has 0 aliphatic rings. The number of amides is 1. The highest BCUT2D eigenvalue weighted by Gasteiger charge is 2.19. The Labute approximate surface area is 199 Å². The average molecular weight is 456 g/mol. The lowest BCUT2D eigenvalue weighted by Gasteiger charge is -2.30. The van der Waals surface area contributed by atoms with Gasteiger partial charge in [0.25, 0.3) is 5.91 Å². The molecule has 0 aliphatic carbocycles. The fourth-order valence-electron chi connectivity index (χ4n) is 3.97. The molecule has 0 fully saturated rings. The molecule has 0 aromatic heterocycles. The second-order valence-electron chi connectivity index (χ2n) is 8.40. The summed E-state index contributed by atoms with van der Waals surface area (Å²) in [5.74, 6) is 1.18. The zero-order chi connectivity index (χ0) is 24.2. The smallest absolute Gasteiger partial charge is 0.262 e. The largest absolute Gasteiger partial charge is 0.490 e. The Morgan fingerprint density at radius 2 is 1.67 bits per heavy atom. The molecule has 0 saturated carbocycles. The summed E-state index contributed by atoms with van der Waals surface area (Å²) < 4.78 is 11.7. The minimum atomic E-state index is -0.573. The number of ether oxygens (including phenoxy) is 2. The van der Waals surface area contributed by atoms with Crippen LogP contribution in [0.3, 0.4) is 0 Å². The van der Waals surface area contributed by atoms with E-state index < -0.39 is 6.10 Å². The normalized spacial score (nSPS) is 12.9. The Balaban J connectivity index is 2.04. The number of carbonyl (C=O) groups excluding carboxylic acids is 1. The number of nitrogens with zero attached hydrogens (tertiary/aromatic N) is 2. The Morgan fingerprint density at radius 3 is 2.27 bits per heavy atom. The molecule has 0 spiro atoms. The van der Waals surface area contributed by atoms with E-state index in [4.69, 9.17) is 9.47 Å². The van der Waals surface area contributed by atoms with Crippen LogP contribution in [-0.2, 0) is 17.8 Å². The molecule has 0 aliphatic heterocycles. The van der Waals surface area contributed by atoms with E-state index in [2.05, 4.69) is 54.4 Å². The standard InChI is InChI=1S/C27H41N3O3/c1-7-30(8-2)24(17-22-13-11-10-12-14-22)20-28-19-23-15-16-25(26(18-23)32-9-3)33-21(4)27(31)29(5)6/h10-16,18,21,24,28H,7-9,17,19-20H2,1-6H3/t21-,24+/m1/s1. The number of hydrogen-bond acceptors (Lipinski definition) is 5. The number of nitrogens with one attached hydrogen (secondary N) is 1. The van der Waals surface area contributed by atoms with Gasteiger partial charge < -0.3 is 19.7 Å². The Morgan fingerprint density at radius 1 is 0.970 bits per heavy atom. The molecule has 2 aromatic carbocycles. The second-order valence-corrected chi connectivity index (χ2v) is 8.40. The van der Waals surface area contributed by atoms with Crippen LogP contribution in [-0.4, -0.2) is 68.2 Å². The van der Waals surface area contributed by atoms with E-state index in [1.165, 1.54) is 10.5 Å². The summed E-state index contributed by atoms with van der Waals surface area (Å²) in [6.07, 6.45) is 0.445.